The molecule has 0 aromatic heterocycles. The molecule has 0 spiro atoms. The maximum absolute atomic E-state index is 10.6. The molecule has 0 aromatic carbocycles. The summed E-state index contributed by atoms with van der Waals surface area (Å²) in [6.45, 7) is 3.95. The van der Waals surface area contributed by atoms with Crippen molar-refractivity contribution in [2.75, 3.05) is 0 Å². The number of carbonyl (C=O) groups excluding carboxylic acids is 2. The molecule has 0 fully saturated rings. The monoisotopic (exact) mass is 209 g/mol. The quantitative estimate of drug-likeness (QED) is 0.464. The van der Waals surface area contributed by atoms with E-state index in [4.69, 9.17) is 5.73 Å². The van der Waals surface area contributed by atoms with Crippen molar-refractivity contribution in [2.24, 2.45) is 17.6 Å². The van der Waals surface area contributed by atoms with Crippen molar-refractivity contribution in [1.82, 2.24) is 0 Å². The Hall–Kier alpha value is -0.0600. The SMILES string of the molecule is CC(C)C[C@H](CC(N)=O)CC(=O)[O-].[Na+]. The Morgan fingerprint density at radius 1 is 1.29 bits per heavy atom. The van der Waals surface area contributed by atoms with E-state index in [2.05, 4.69) is 0 Å². The maximum atomic E-state index is 10.6. The van der Waals surface area contributed by atoms with Crippen LogP contribution >= 0.6 is 0 Å². The van der Waals surface area contributed by atoms with E-state index in [0.717, 1.165) is 0 Å². The predicted octanol–water partition coefficient (Wildman–Crippen LogP) is -3.33. The molecule has 1 atom stereocenters. The van der Waals surface area contributed by atoms with Gasteiger partial charge in [-0.3, -0.25) is 4.79 Å². The van der Waals surface area contributed by atoms with Crippen LogP contribution in [0.15, 0.2) is 0 Å². The van der Waals surface area contributed by atoms with Gasteiger partial charge in [0.05, 0.1) is 0 Å². The van der Waals surface area contributed by atoms with Gasteiger partial charge in [-0.1, -0.05) is 13.8 Å². The molecule has 0 unspecified atom stereocenters. The fourth-order valence-electron chi connectivity index (χ4n) is 1.43. The van der Waals surface area contributed by atoms with Crippen molar-refractivity contribution in [3.63, 3.8) is 0 Å². The number of rotatable bonds is 6. The first-order valence-electron chi connectivity index (χ1n) is 4.40. The van der Waals surface area contributed by atoms with Gasteiger partial charge in [-0.05, 0) is 24.7 Å². The molecular formula is C9H16NNaO3. The second-order valence-corrected chi connectivity index (χ2v) is 3.74. The van der Waals surface area contributed by atoms with Crippen molar-refractivity contribution in [1.29, 1.82) is 0 Å². The molecule has 0 aliphatic carbocycles. The number of hydrogen-bond donors (Lipinski definition) is 1. The summed E-state index contributed by atoms with van der Waals surface area (Å²) in [5, 5.41) is 10.3. The number of nitrogens with two attached hydrogens (primary N) is 1. The summed E-state index contributed by atoms with van der Waals surface area (Å²) in [6.07, 6.45) is 0.740. The van der Waals surface area contributed by atoms with Gasteiger partial charge in [0.2, 0.25) is 5.91 Å². The number of primary amides is 1. The summed E-state index contributed by atoms with van der Waals surface area (Å²) in [6, 6.07) is 0. The molecule has 0 saturated heterocycles. The number of carbonyl (C=O) groups is 2. The van der Waals surface area contributed by atoms with Crippen LogP contribution in [0.25, 0.3) is 0 Å². The molecule has 0 rings (SSSR count). The van der Waals surface area contributed by atoms with E-state index in [0.29, 0.717) is 12.3 Å². The largest absolute Gasteiger partial charge is 1.00 e. The number of aliphatic carboxylic acids is 1. The number of carboxylic acids is 1. The van der Waals surface area contributed by atoms with Crippen molar-refractivity contribution < 1.29 is 44.3 Å². The van der Waals surface area contributed by atoms with E-state index >= 15 is 0 Å². The van der Waals surface area contributed by atoms with E-state index in [9.17, 15) is 14.7 Å². The van der Waals surface area contributed by atoms with Gasteiger partial charge in [-0.15, -0.1) is 0 Å². The summed E-state index contributed by atoms with van der Waals surface area (Å²) in [7, 11) is 0. The van der Waals surface area contributed by atoms with Gasteiger partial charge in [0.1, 0.15) is 0 Å². The maximum Gasteiger partial charge on any atom is 1.00 e. The topological polar surface area (TPSA) is 83.2 Å². The van der Waals surface area contributed by atoms with Gasteiger partial charge in [0.25, 0.3) is 0 Å². The average molecular weight is 209 g/mol. The third kappa shape index (κ3) is 10.0. The molecule has 76 valence electrons. The van der Waals surface area contributed by atoms with Gasteiger partial charge in [-0.2, -0.15) is 0 Å². The van der Waals surface area contributed by atoms with Crippen LogP contribution in [-0.2, 0) is 9.59 Å². The van der Waals surface area contributed by atoms with Crippen LogP contribution in [0, 0.1) is 11.8 Å². The fraction of sp³-hybridized carbons (Fsp3) is 0.778. The minimum atomic E-state index is -1.12. The van der Waals surface area contributed by atoms with Crippen LogP contribution in [0.4, 0.5) is 0 Å². The van der Waals surface area contributed by atoms with Crippen LogP contribution in [0.5, 0.6) is 0 Å². The van der Waals surface area contributed by atoms with E-state index < -0.39 is 11.9 Å². The third-order valence-electron chi connectivity index (χ3n) is 1.75. The summed E-state index contributed by atoms with van der Waals surface area (Å²) >= 11 is 0. The van der Waals surface area contributed by atoms with Crippen molar-refractivity contribution in [3.8, 4) is 0 Å². The Kier molecular flexibility index (Phi) is 9.67. The van der Waals surface area contributed by atoms with Gasteiger partial charge in [0, 0.05) is 12.4 Å². The first-order valence-corrected chi connectivity index (χ1v) is 4.40. The van der Waals surface area contributed by atoms with Crippen LogP contribution < -0.4 is 40.4 Å². The van der Waals surface area contributed by atoms with Gasteiger partial charge in [-0.25, -0.2) is 0 Å². The Balaban J connectivity index is 0. The molecule has 0 bridgehead atoms. The summed E-state index contributed by atoms with van der Waals surface area (Å²) < 4.78 is 0. The first-order chi connectivity index (χ1) is 5.91. The van der Waals surface area contributed by atoms with Crippen LogP contribution in [-0.4, -0.2) is 11.9 Å². The minimum Gasteiger partial charge on any atom is -0.550 e. The standard InChI is InChI=1S/C9H17NO3.Na/c1-6(2)3-7(4-8(10)11)5-9(12)13;/h6-7H,3-5H2,1-2H3,(H2,10,11)(H,12,13);/q;+1/p-1/t7-;/m1./s1. The smallest absolute Gasteiger partial charge is 0.550 e. The summed E-state index contributed by atoms with van der Waals surface area (Å²) in [4.78, 5) is 20.9. The first kappa shape index (κ1) is 16.4. The van der Waals surface area contributed by atoms with Gasteiger partial charge < -0.3 is 15.6 Å². The number of hydrogen-bond acceptors (Lipinski definition) is 3. The molecule has 0 heterocycles. The Labute approximate surface area is 107 Å². The number of amides is 1. The molecule has 0 saturated carbocycles. The zero-order valence-corrected chi connectivity index (χ0v) is 11.1. The normalized spacial score (nSPS) is 11.9. The zero-order chi connectivity index (χ0) is 10.4. The van der Waals surface area contributed by atoms with Crippen LogP contribution in [0.3, 0.4) is 0 Å². The van der Waals surface area contributed by atoms with Gasteiger partial charge >= 0.3 is 29.6 Å². The Morgan fingerprint density at radius 2 is 1.79 bits per heavy atom. The second kappa shape index (κ2) is 8.26. The van der Waals surface area contributed by atoms with Crippen LogP contribution in [0.2, 0.25) is 0 Å². The molecule has 2 N–H and O–H groups in total. The molecule has 0 radical (unpaired) electrons. The predicted molar refractivity (Wildman–Crippen MR) is 46.4 cm³/mol. The van der Waals surface area contributed by atoms with Gasteiger partial charge in [0.15, 0.2) is 0 Å². The van der Waals surface area contributed by atoms with E-state index in [-0.39, 0.29) is 48.3 Å². The molecule has 0 aromatic rings. The van der Waals surface area contributed by atoms with E-state index in [1.807, 2.05) is 13.8 Å². The molecule has 0 aliphatic heterocycles. The molecule has 0 aliphatic rings. The summed E-state index contributed by atoms with van der Waals surface area (Å²) in [5.74, 6) is -1.38. The van der Waals surface area contributed by atoms with Crippen molar-refractivity contribution >= 4 is 11.9 Å². The Morgan fingerprint density at radius 3 is 2.07 bits per heavy atom. The zero-order valence-electron chi connectivity index (χ0n) is 9.08. The molecule has 4 nitrogen and oxygen atoms in total. The second-order valence-electron chi connectivity index (χ2n) is 3.74. The average Bonchev–Trinajstić information content (AvgIpc) is 1.80. The van der Waals surface area contributed by atoms with E-state index in [1.165, 1.54) is 0 Å². The van der Waals surface area contributed by atoms with Crippen molar-refractivity contribution in [3.05, 3.63) is 0 Å². The van der Waals surface area contributed by atoms with E-state index in [1.54, 1.807) is 0 Å². The Bertz CT molecular complexity index is 178. The third-order valence-corrected chi connectivity index (χ3v) is 1.75. The molecule has 1 amide bonds. The molecular weight excluding hydrogens is 193 g/mol. The summed E-state index contributed by atoms with van der Waals surface area (Å²) in [5.41, 5.74) is 4.99. The number of carboxylic acid groups (broad SMARTS) is 1. The fourth-order valence-corrected chi connectivity index (χ4v) is 1.43. The molecule has 14 heavy (non-hydrogen) atoms. The van der Waals surface area contributed by atoms with Crippen molar-refractivity contribution in [2.45, 2.75) is 33.1 Å². The van der Waals surface area contributed by atoms with Crippen LogP contribution in [0.1, 0.15) is 33.1 Å². The minimum absolute atomic E-state index is 0. The molecule has 5 heteroatoms.